The van der Waals surface area contributed by atoms with Crippen LogP contribution in [0.25, 0.3) is 0 Å². The lowest BCUT2D eigenvalue weighted by Crippen LogP contribution is -2.00. The summed E-state index contributed by atoms with van der Waals surface area (Å²) in [5, 5.41) is 8.93. The smallest absolute Gasteiger partial charge is 0.0534 e. The van der Waals surface area contributed by atoms with Gasteiger partial charge in [-0.15, -0.1) is 0 Å². The van der Waals surface area contributed by atoms with Crippen LogP contribution >= 0.6 is 45.2 Å². The minimum atomic E-state index is 0.135. The Morgan fingerprint density at radius 2 is 1.75 bits per heavy atom. The van der Waals surface area contributed by atoms with Crippen LogP contribution in [-0.4, -0.2) is 11.7 Å². The summed E-state index contributed by atoms with van der Waals surface area (Å²) in [5.74, 6) is 1.02. The van der Waals surface area contributed by atoms with Crippen LogP contribution in [0.4, 0.5) is 0 Å². The summed E-state index contributed by atoms with van der Waals surface area (Å²) in [6.45, 7) is 2.08. The van der Waals surface area contributed by atoms with Crippen molar-refractivity contribution >= 4 is 45.2 Å². The molecule has 12 heavy (non-hydrogen) atoms. The minimum Gasteiger partial charge on any atom is -0.395 e. The van der Waals surface area contributed by atoms with E-state index in [2.05, 4.69) is 63.4 Å². The molecular weight excluding hydrogens is 378 g/mol. The van der Waals surface area contributed by atoms with Gasteiger partial charge in [-0.2, -0.15) is 0 Å². The lowest BCUT2D eigenvalue weighted by atomic mass is 10.0. The predicted octanol–water partition coefficient (Wildman–Crippen LogP) is 2.83. The number of benzene rings is 1. The third-order valence-electron chi connectivity index (χ3n) is 1.59. The van der Waals surface area contributed by atoms with Gasteiger partial charge in [0.2, 0.25) is 0 Å². The van der Waals surface area contributed by atoms with Crippen LogP contribution in [0.15, 0.2) is 18.2 Å². The zero-order chi connectivity index (χ0) is 9.14. The van der Waals surface area contributed by atoms with E-state index in [1.807, 2.05) is 6.92 Å². The fourth-order valence-corrected chi connectivity index (χ4v) is 2.83. The second kappa shape index (κ2) is 4.76. The summed E-state index contributed by atoms with van der Waals surface area (Å²) < 4.78 is 2.42. The Bertz CT molecular complexity index is 253. The van der Waals surface area contributed by atoms with Gasteiger partial charge in [0, 0.05) is 13.1 Å². The highest BCUT2D eigenvalue weighted by molar-refractivity contribution is 14.1. The van der Waals surface area contributed by atoms with E-state index in [9.17, 15) is 0 Å². The van der Waals surface area contributed by atoms with Crippen molar-refractivity contribution in [3.8, 4) is 0 Å². The van der Waals surface area contributed by atoms with Gasteiger partial charge in [0.1, 0.15) is 0 Å². The van der Waals surface area contributed by atoms with E-state index < -0.39 is 0 Å². The highest BCUT2D eigenvalue weighted by atomic mass is 127. The minimum absolute atomic E-state index is 0.135. The van der Waals surface area contributed by atoms with Crippen LogP contribution < -0.4 is 0 Å². The van der Waals surface area contributed by atoms with Gasteiger partial charge < -0.3 is 5.11 Å². The number of aliphatic hydroxyl groups is 1. The Morgan fingerprint density at radius 3 is 2.17 bits per heavy atom. The highest BCUT2D eigenvalue weighted by Crippen LogP contribution is 2.20. The SMILES string of the molecule is C[C](CO)c1cc(I)cc(I)c1. The number of halogens is 2. The second-order valence-electron chi connectivity index (χ2n) is 2.60. The Kier molecular flexibility index (Phi) is 4.25. The molecule has 0 amide bonds. The molecule has 1 rings (SSSR count). The third kappa shape index (κ3) is 2.85. The molecule has 1 aromatic rings. The maximum absolute atomic E-state index is 8.93. The van der Waals surface area contributed by atoms with E-state index in [1.54, 1.807) is 0 Å². The molecule has 0 fully saturated rings. The van der Waals surface area contributed by atoms with Gasteiger partial charge >= 0.3 is 0 Å². The Balaban J connectivity index is 3.00. The van der Waals surface area contributed by atoms with Gasteiger partial charge in [0.15, 0.2) is 0 Å². The topological polar surface area (TPSA) is 20.2 Å². The van der Waals surface area contributed by atoms with Crippen molar-refractivity contribution in [2.45, 2.75) is 6.92 Å². The first-order valence-electron chi connectivity index (χ1n) is 3.53. The largest absolute Gasteiger partial charge is 0.395 e. The summed E-state index contributed by atoms with van der Waals surface area (Å²) in [4.78, 5) is 0. The lowest BCUT2D eigenvalue weighted by molar-refractivity contribution is 0.315. The van der Waals surface area contributed by atoms with Crippen LogP contribution in [0.5, 0.6) is 0 Å². The van der Waals surface area contributed by atoms with Crippen molar-refractivity contribution in [1.29, 1.82) is 0 Å². The van der Waals surface area contributed by atoms with Crippen molar-refractivity contribution < 1.29 is 5.11 Å². The fourth-order valence-electron chi connectivity index (χ4n) is 0.892. The van der Waals surface area contributed by atoms with Gasteiger partial charge in [-0.3, -0.25) is 0 Å². The van der Waals surface area contributed by atoms with Gasteiger partial charge in [0.25, 0.3) is 0 Å². The molecule has 0 aliphatic carbocycles. The lowest BCUT2D eigenvalue weighted by Gasteiger charge is -2.08. The molecule has 0 aliphatic heterocycles. The monoisotopic (exact) mass is 387 g/mol. The number of hydrogen-bond donors (Lipinski definition) is 1. The normalized spacial score (nSPS) is 10.8. The standard InChI is InChI=1S/C9H9I2O/c1-6(5-12)7-2-8(10)4-9(11)3-7/h2-4,12H,5H2,1H3. The Labute approximate surface area is 99.8 Å². The van der Waals surface area contributed by atoms with E-state index in [0.717, 1.165) is 11.5 Å². The summed E-state index contributed by atoms with van der Waals surface area (Å²) >= 11 is 4.56. The zero-order valence-corrected chi connectivity index (χ0v) is 11.0. The molecule has 3 heteroatoms. The molecule has 1 radical (unpaired) electrons. The zero-order valence-electron chi connectivity index (χ0n) is 6.64. The maximum atomic E-state index is 8.93. The molecule has 0 atom stereocenters. The molecular formula is C9H9I2O. The molecule has 0 aliphatic rings. The fraction of sp³-hybridized carbons (Fsp3) is 0.222. The third-order valence-corrected chi connectivity index (χ3v) is 2.84. The summed E-state index contributed by atoms with van der Waals surface area (Å²) in [7, 11) is 0. The summed E-state index contributed by atoms with van der Waals surface area (Å²) in [6, 6.07) is 6.26. The molecule has 0 saturated heterocycles. The Hall–Kier alpha value is 0.640. The van der Waals surface area contributed by atoms with E-state index in [0.29, 0.717) is 0 Å². The molecule has 0 heterocycles. The molecule has 0 saturated carbocycles. The average molecular weight is 387 g/mol. The molecule has 0 spiro atoms. The number of rotatable bonds is 2. The average Bonchev–Trinajstić information content (AvgIpc) is 2.01. The van der Waals surface area contributed by atoms with Gasteiger partial charge in [-0.1, -0.05) is 6.92 Å². The molecule has 65 valence electrons. The number of hydrogen-bond acceptors (Lipinski definition) is 1. The highest BCUT2D eigenvalue weighted by Gasteiger charge is 2.05. The summed E-state index contributed by atoms with van der Waals surface area (Å²) in [6.07, 6.45) is 0. The first-order valence-corrected chi connectivity index (χ1v) is 5.69. The molecule has 1 N–H and O–H groups in total. The molecule has 0 unspecified atom stereocenters. The van der Waals surface area contributed by atoms with E-state index in [1.165, 1.54) is 7.14 Å². The number of aliphatic hydroxyl groups excluding tert-OH is 1. The van der Waals surface area contributed by atoms with Gasteiger partial charge in [-0.05, 0) is 68.9 Å². The van der Waals surface area contributed by atoms with Crippen LogP contribution in [0.3, 0.4) is 0 Å². The van der Waals surface area contributed by atoms with Crippen molar-refractivity contribution in [2.24, 2.45) is 0 Å². The van der Waals surface area contributed by atoms with Crippen molar-refractivity contribution in [3.05, 3.63) is 36.8 Å². The Morgan fingerprint density at radius 1 is 1.25 bits per heavy atom. The van der Waals surface area contributed by atoms with E-state index >= 15 is 0 Å². The van der Waals surface area contributed by atoms with Crippen LogP contribution in [-0.2, 0) is 0 Å². The first-order chi connectivity index (χ1) is 5.63. The molecule has 1 nitrogen and oxygen atoms in total. The van der Waals surface area contributed by atoms with E-state index in [-0.39, 0.29) is 6.61 Å². The van der Waals surface area contributed by atoms with Gasteiger partial charge in [-0.25, -0.2) is 0 Å². The van der Waals surface area contributed by atoms with Crippen LogP contribution in [0.1, 0.15) is 12.5 Å². The predicted molar refractivity (Wildman–Crippen MR) is 67.0 cm³/mol. The summed E-state index contributed by atoms with van der Waals surface area (Å²) in [5.41, 5.74) is 1.13. The van der Waals surface area contributed by atoms with Crippen molar-refractivity contribution in [2.75, 3.05) is 6.61 Å². The van der Waals surface area contributed by atoms with E-state index in [4.69, 9.17) is 5.11 Å². The molecule has 1 aromatic carbocycles. The molecule has 0 aromatic heterocycles. The van der Waals surface area contributed by atoms with Crippen molar-refractivity contribution in [3.63, 3.8) is 0 Å². The first kappa shape index (κ1) is 10.7. The van der Waals surface area contributed by atoms with Gasteiger partial charge in [0.05, 0.1) is 6.61 Å². The van der Waals surface area contributed by atoms with Crippen molar-refractivity contribution in [1.82, 2.24) is 0 Å². The maximum Gasteiger partial charge on any atom is 0.0534 e. The van der Waals surface area contributed by atoms with Crippen LogP contribution in [0.2, 0.25) is 0 Å². The quantitative estimate of drug-likeness (QED) is 0.775. The second-order valence-corrected chi connectivity index (χ2v) is 5.09. The van der Waals surface area contributed by atoms with Crippen LogP contribution in [0, 0.1) is 13.1 Å². The molecule has 0 bridgehead atoms.